The summed E-state index contributed by atoms with van der Waals surface area (Å²) in [6.45, 7) is 4.16. The van der Waals surface area contributed by atoms with Gasteiger partial charge in [-0.1, -0.05) is 19.9 Å². The van der Waals surface area contributed by atoms with Crippen LogP contribution in [0.1, 0.15) is 34.6 Å². The summed E-state index contributed by atoms with van der Waals surface area (Å²) in [5, 5.41) is 5.42. The number of anilines is 2. The number of carbonyl (C=O) groups excluding carboxylic acids is 2. The van der Waals surface area contributed by atoms with E-state index in [1.54, 1.807) is 0 Å². The summed E-state index contributed by atoms with van der Waals surface area (Å²) < 4.78 is 0. The fourth-order valence-electron chi connectivity index (χ4n) is 1.67. The van der Waals surface area contributed by atoms with E-state index in [1.165, 1.54) is 0 Å². The number of hydrogen-bond acceptors (Lipinski definition) is 2. The van der Waals surface area contributed by atoms with Gasteiger partial charge in [-0.25, -0.2) is 0 Å². The molecule has 2 rings (SSSR count). The largest absolute Gasteiger partial charge is 0.324 e. The maximum Gasteiger partial charge on any atom is 0.233 e. The van der Waals surface area contributed by atoms with Gasteiger partial charge in [-0.05, 0) is 23.6 Å². The molecule has 0 aromatic heterocycles. The van der Waals surface area contributed by atoms with Crippen molar-refractivity contribution in [2.75, 3.05) is 10.6 Å². The van der Waals surface area contributed by atoms with Gasteiger partial charge in [-0.3, -0.25) is 9.59 Å². The number of amides is 2. The van der Waals surface area contributed by atoms with E-state index in [1.807, 2.05) is 18.2 Å². The van der Waals surface area contributed by atoms with E-state index >= 15 is 0 Å². The molecular weight excluding hydrogens is 204 g/mol. The second-order valence-electron chi connectivity index (χ2n) is 4.23. The van der Waals surface area contributed by atoms with Crippen molar-refractivity contribution in [1.82, 2.24) is 0 Å². The van der Waals surface area contributed by atoms with Gasteiger partial charge in [0.25, 0.3) is 0 Å². The maximum atomic E-state index is 11.4. The first-order valence-corrected chi connectivity index (χ1v) is 5.30. The second-order valence-corrected chi connectivity index (χ2v) is 4.23. The van der Waals surface area contributed by atoms with E-state index in [9.17, 15) is 9.59 Å². The average Bonchev–Trinajstić information content (AvgIpc) is 2.32. The Morgan fingerprint density at radius 1 is 1.12 bits per heavy atom. The molecule has 16 heavy (non-hydrogen) atoms. The van der Waals surface area contributed by atoms with Crippen molar-refractivity contribution in [3.05, 3.63) is 23.8 Å². The highest BCUT2D eigenvalue weighted by Gasteiger charge is 2.18. The molecule has 0 bridgehead atoms. The standard InChI is InChI=1S/C12H14N2O2.2H2/c1-7(2)8-3-4-9-10(5-8)14-12(16)6-11(15)13-9;;/h3-5,7H,6H2,1-2H3,(H,13,15)(H,14,16);2*1H. The smallest absolute Gasteiger partial charge is 0.233 e. The predicted molar refractivity (Wildman–Crippen MR) is 66.6 cm³/mol. The zero-order valence-electron chi connectivity index (χ0n) is 9.33. The fraction of sp³-hybridized carbons (Fsp3) is 0.333. The molecule has 0 spiro atoms. The van der Waals surface area contributed by atoms with Crippen LogP contribution in [0.3, 0.4) is 0 Å². The van der Waals surface area contributed by atoms with Gasteiger partial charge in [-0.15, -0.1) is 0 Å². The fourth-order valence-corrected chi connectivity index (χ4v) is 1.67. The third kappa shape index (κ3) is 2.05. The Bertz CT molecular complexity index is 461. The first-order chi connectivity index (χ1) is 7.56. The van der Waals surface area contributed by atoms with Crippen LogP contribution in [0.25, 0.3) is 0 Å². The maximum absolute atomic E-state index is 11.4. The molecule has 1 heterocycles. The first-order valence-electron chi connectivity index (χ1n) is 5.30. The van der Waals surface area contributed by atoms with Gasteiger partial charge in [0.1, 0.15) is 6.42 Å². The van der Waals surface area contributed by atoms with Crippen LogP contribution >= 0.6 is 0 Å². The lowest BCUT2D eigenvalue weighted by Crippen LogP contribution is -2.16. The van der Waals surface area contributed by atoms with Crippen molar-refractivity contribution in [3.63, 3.8) is 0 Å². The monoisotopic (exact) mass is 222 g/mol. The van der Waals surface area contributed by atoms with Crippen LogP contribution in [0.4, 0.5) is 11.4 Å². The van der Waals surface area contributed by atoms with Crippen molar-refractivity contribution >= 4 is 23.2 Å². The molecule has 2 N–H and O–H groups in total. The van der Waals surface area contributed by atoms with Crippen molar-refractivity contribution in [3.8, 4) is 0 Å². The average molecular weight is 222 g/mol. The molecule has 4 nitrogen and oxygen atoms in total. The van der Waals surface area contributed by atoms with Crippen molar-refractivity contribution in [1.29, 1.82) is 0 Å². The molecule has 0 aliphatic carbocycles. The number of benzene rings is 1. The summed E-state index contributed by atoms with van der Waals surface area (Å²) in [5.74, 6) is -0.146. The molecule has 1 aromatic carbocycles. The Balaban J connectivity index is 0.00000144. The molecule has 88 valence electrons. The molecule has 0 unspecified atom stereocenters. The van der Waals surface area contributed by atoms with Crippen LogP contribution in [0.5, 0.6) is 0 Å². The van der Waals surface area contributed by atoms with Crippen LogP contribution < -0.4 is 10.6 Å². The minimum Gasteiger partial charge on any atom is -0.324 e. The number of fused-ring (bicyclic) bond motifs is 1. The van der Waals surface area contributed by atoms with Gasteiger partial charge in [0, 0.05) is 2.85 Å². The van der Waals surface area contributed by atoms with Crippen LogP contribution in [0.2, 0.25) is 0 Å². The van der Waals surface area contributed by atoms with Gasteiger partial charge < -0.3 is 10.6 Å². The molecule has 1 aromatic rings. The van der Waals surface area contributed by atoms with E-state index < -0.39 is 0 Å². The summed E-state index contributed by atoms with van der Waals surface area (Å²) in [5.41, 5.74) is 2.48. The first kappa shape index (κ1) is 10.7. The van der Waals surface area contributed by atoms with Gasteiger partial charge in [0.15, 0.2) is 0 Å². The second kappa shape index (κ2) is 3.96. The molecule has 2 amide bonds. The summed E-state index contributed by atoms with van der Waals surface area (Å²) in [4.78, 5) is 22.7. The minimum atomic E-state index is -0.270. The van der Waals surface area contributed by atoms with Crippen LogP contribution in [0.15, 0.2) is 18.2 Å². The number of hydrogen-bond donors (Lipinski definition) is 2. The third-order valence-electron chi connectivity index (χ3n) is 2.58. The molecule has 0 saturated carbocycles. The normalized spacial score (nSPS) is 15.2. The van der Waals surface area contributed by atoms with Crippen molar-refractivity contribution in [2.45, 2.75) is 26.2 Å². The van der Waals surface area contributed by atoms with Gasteiger partial charge in [0.2, 0.25) is 11.8 Å². The van der Waals surface area contributed by atoms with E-state index in [0.29, 0.717) is 17.3 Å². The van der Waals surface area contributed by atoms with Crippen LogP contribution in [-0.2, 0) is 9.59 Å². The Hall–Kier alpha value is -1.84. The summed E-state index contributed by atoms with van der Waals surface area (Å²) in [6, 6.07) is 5.69. The number of rotatable bonds is 1. The van der Waals surface area contributed by atoms with Gasteiger partial charge in [-0.2, -0.15) is 0 Å². The number of nitrogens with one attached hydrogen (secondary N) is 2. The van der Waals surface area contributed by atoms with Crippen LogP contribution in [0, 0.1) is 0 Å². The van der Waals surface area contributed by atoms with E-state index in [0.717, 1.165) is 5.56 Å². The zero-order valence-corrected chi connectivity index (χ0v) is 9.33. The lowest BCUT2D eigenvalue weighted by Gasteiger charge is -2.11. The van der Waals surface area contributed by atoms with Gasteiger partial charge >= 0.3 is 0 Å². The quantitative estimate of drug-likeness (QED) is 0.717. The third-order valence-corrected chi connectivity index (χ3v) is 2.58. The highest BCUT2D eigenvalue weighted by Crippen LogP contribution is 2.28. The molecular formula is C12H18N2O2. The van der Waals surface area contributed by atoms with E-state index in [-0.39, 0.29) is 21.1 Å². The molecule has 0 radical (unpaired) electrons. The van der Waals surface area contributed by atoms with Crippen molar-refractivity contribution in [2.24, 2.45) is 0 Å². The molecule has 1 aliphatic heterocycles. The van der Waals surface area contributed by atoms with E-state index in [4.69, 9.17) is 0 Å². The van der Waals surface area contributed by atoms with Gasteiger partial charge in [0.05, 0.1) is 11.4 Å². The van der Waals surface area contributed by atoms with Crippen LogP contribution in [-0.4, -0.2) is 11.8 Å². The lowest BCUT2D eigenvalue weighted by molar-refractivity contribution is -0.123. The highest BCUT2D eigenvalue weighted by atomic mass is 16.2. The summed E-state index contributed by atoms with van der Waals surface area (Å²) >= 11 is 0. The molecule has 0 atom stereocenters. The SMILES string of the molecule is CC(C)c1ccc2c(c1)NC(=O)CC(=O)N2.[HH].[HH]. The Morgan fingerprint density at radius 3 is 2.38 bits per heavy atom. The topological polar surface area (TPSA) is 58.2 Å². The Labute approximate surface area is 97.0 Å². The summed E-state index contributed by atoms with van der Waals surface area (Å²) in [6.07, 6.45) is -0.119. The van der Waals surface area contributed by atoms with E-state index in [2.05, 4.69) is 24.5 Å². The summed E-state index contributed by atoms with van der Waals surface area (Å²) in [7, 11) is 0. The molecule has 4 heteroatoms. The molecule has 1 aliphatic rings. The molecule has 0 fully saturated rings. The Morgan fingerprint density at radius 2 is 1.75 bits per heavy atom. The minimum absolute atomic E-state index is 0. The number of carbonyl (C=O) groups is 2. The lowest BCUT2D eigenvalue weighted by atomic mass is 10.0. The highest BCUT2D eigenvalue weighted by molar-refractivity contribution is 6.13. The van der Waals surface area contributed by atoms with Crippen molar-refractivity contribution < 1.29 is 12.4 Å². The zero-order chi connectivity index (χ0) is 11.7. The molecule has 0 saturated heterocycles. The predicted octanol–water partition coefficient (Wildman–Crippen LogP) is 2.58. The Kier molecular flexibility index (Phi) is 2.64.